The van der Waals surface area contributed by atoms with E-state index in [0.717, 1.165) is 15.7 Å². The van der Waals surface area contributed by atoms with E-state index in [1.54, 1.807) is 12.4 Å². The van der Waals surface area contributed by atoms with Gasteiger partial charge in [0.25, 0.3) is 0 Å². The molecule has 0 bridgehead atoms. The summed E-state index contributed by atoms with van der Waals surface area (Å²) in [5.74, 6) is 0. The van der Waals surface area contributed by atoms with E-state index in [1.165, 1.54) is 0 Å². The van der Waals surface area contributed by atoms with Crippen molar-refractivity contribution in [1.82, 2.24) is 4.98 Å². The van der Waals surface area contributed by atoms with E-state index >= 15 is 0 Å². The summed E-state index contributed by atoms with van der Waals surface area (Å²) in [7, 11) is 0. The normalized spacial score (nSPS) is 12.1. The summed E-state index contributed by atoms with van der Waals surface area (Å²) in [4.78, 5) is 3.98. The first kappa shape index (κ1) is 12.9. The lowest BCUT2D eigenvalue weighted by Crippen LogP contribution is -2.16. The van der Waals surface area contributed by atoms with Crippen molar-refractivity contribution in [2.75, 3.05) is 17.7 Å². The number of rotatable bonds is 4. The number of benzene rings is 1. The van der Waals surface area contributed by atoms with Gasteiger partial charge in [0.05, 0.1) is 34.7 Å². The minimum atomic E-state index is -0.202. The highest BCUT2D eigenvalue weighted by atomic mass is 79.9. The molecule has 4 N–H and O–H groups in total. The molecule has 2 aromatic rings. The van der Waals surface area contributed by atoms with E-state index in [-0.39, 0.29) is 12.6 Å². The highest BCUT2D eigenvalue weighted by Gasteiger charge is 2.13. The maximum absolute atomic E-state index is 9.49. The lowest BCUT2D eigenvalue weighted by Gasteiger charge is -2.20. The predicted molar refractivity (Wildman–Crippen MR) is 76.2 cm³/mol. The molecule has 5 heteroatoms. The number of aliphatic hydroxyl groups is 1. The first-order valence-corrected chi connectivity index (χ1v) is 6.33. The van der Waals surface area contributed by atoms with Gasteiger partial charge in [-0.25, -0.2) is 0 Å². The average molecular weight is 308 g/mol. The molecule has 2 rings (SSSR count). The third kappa shape index (κ3) is 2.80. The number of halogens is 1. The van der Waals surface area contributed by atoms with Crippen LogP contribution in [0, 0.1) is 0 Å². The van der Waals surface area contributed by atoms with Crippen LogP contribution in [0.15, 0.2) is 47.2 Å². The van der Waals surface area contributed by atoms with E-state index in [2.05, 4.69) is 26.2 Å². The van der Waals surface area contributed by atoms with Crippen LogP contribution in [-0.2, 0) is 0 Å². The largest absolute Gasteiger partial charge is 0.396 e. The van der Waals surface area contributed by atoms with Crippen LogP contribution in [0.2, 0.25) is 0 Å². The minimum absolute atomic E-state index is 0.0157. The highest BCUT2D eigenvalue weighted by Crippen LogP contribution is 2.30. The molecule has 1 aromatic heterocycles. The second-order valence-electron chi connectivity index (χ2n) is 3.88. The smallest absolute Gasteiger partial charge is 0.0755 e. The van der Waals surface area contributed by atoms with Crippen LogP contribution >= 0.6 is 15.9 Å². The monoisotopic (exact) mass is 307 g/mol. The number of hydrogen-bond acceptors (Lipinski definition) is 4. The summed E-state index contributed by atoms with van der Waals surface area (Å²) in [6, 6.07) is 9.52. The Hall–Kier alpha value is -1.59. The Morgan fingerprint density at radius 3 is 2.61 bits per heavy atom. The molecule has 0 radical (unpaired) electrons. The summed E-state index contributed by atoms with van der Waals surface area (Å²) in [5, 5.41) is 12.7. The zero-order chi connectivity index (χ0) is 13.0. The Labute approximate surface area is 114 Å². The fourth-order valence-electron chi connectivity index (χ4n) is 1.70. The first-order chi connectivity index (χ1) is 8.72. The number of aromatic nitrogens is 1. The molecule has 0 aliphatic rings. The zero-order valence-corrected chi connectivity index (χ0v) is 11.3. The number of pyridine rings is 1. The van der Waals surface area contributed by atoms with Crippen LogP contribution in [0.1, 0.15) is 11.6 Å². The number of anilines is 2. The van der Waals surface area contributed by atoms with Gasteiger partial charge in [0.1, 0.15) is 0 Å². The number of nitrogen functional groups attached to an aromatic ring is 1. The lowest BCUT2D eigenvalue weighted by molar-refractivity contribution is 0.276. The third-order valence-electron chi connectivity index (χ3n) is 2.63. The maximum atomic E-state index is 9.49. The molecule has 0 saturated carbocycles. The molecular weight excluding hydrogens is 294 g/mol. The fraction of sp³-hybridized carbons (Fsp3) is 0.154. The molecule has 0 saturated heterocycles. The number of nitrogens with zero attached hydrogens (tertiary/aromatic N) is 1. The van der Waals surface area contributed by atoms with Crippen LogP contribution in [0.5, 0.6) is 0 Å². The fourth-order valence-corrected chi connectivity index (χ4v) is 2.16. The van der Waals surface area contributed by atoms with Crippen LogP contribution in [0.4, 0.5) is 11.4 Å². The van der Waals surface area contributed by atoms with E-state index in [0.29, 0.717) is 5.69 Å². The lowest BCUT2D eigenvalue weighted by atomic mass is 10.1. The van der Waals surface area contributed by atoms with Crippen molar-refractivity contribution in [3.05, 3.63) is 52.8 Å². The molecule has 4 nitrogen and oxygen atoms in total. The average Bonchev–Trinajstić information content (AvgIpc) is 2.40. The van der Waals surface area contributed by atoms with Crippen molar-refractivity contribution in [1.29, 1.82) is 0 Å². The van der Waals surface area contributed by atoms with Gasteiger partial charge in [0.2, 0.25) is 0 Å². The Bertz CT molecular complexity index is 499. The molecule has 1 heterocycles. The van der Waals surface area contributed by atoms with Gasteiger partial charge in [0, 0.05) is 6.20 Å². The molecule has 1 unspecified atom stereocenters. The summed E-state index contributed by atoms with van der Waals surface area (Å²) in [5.41, 5.74) is 8.15. The number of hydrogen-bond donors (Lipinski definition) is 3. The second kappa shape index (κ2) is 5.84. The van der Waals surface area contributed by atoms with E-state index < -0.39 is 0 Å². The van der Waals surface area contributed by atoms with Gasteiger partial charge in [0.15, 0.2) is 0 Å². The molecule has 0 fully saturated rings. The number of nitrogens with one attached hydrogen (secondary N) is 1. The van der Waals surface area contributed by atoms with Crippen molar-refractivity contribution in [3.63, 3.8) is 0 Å². The van der Waals surface area contributed by atoms with Crippen LogP contribution in [0.25, 0.3) is 0 Å². The molecular formula is C13H14BrN3O. The Balaban J connectivity index is 2.26. The maximum Gasteiger partial charge on any atom is 0.0755 e. The SMILES string of the molecule is Nc1cncc(Br)c1NC(CO)c1ccccc1. The summed E-state index contributed by atoms with van der Waals surface area (Å²) in [6.45, 7) is -0.0157. The van der Waals surface area contributed by atoms with Crippen LogP contribution in [0.3, 0.4) is 0 Å². The molecule has 1 aromatic carbocycles. The van der Waals surface area contributed by atoms with E-state index in [9.17, 15) is 5.11 Å². The van der Waals surface area contributed by atoms with Gasteiger partial charge in [-0.3, -0.25) is 4.98 Å². The van der Waals surface area contributed by atoms with Crippen molar-refractivity contribution in [2.45, 2.75) is 6.04 Å². The van der Waals surface area contributed by atoms with E-state index in [1.807, 2.05) is 30.3 Å². The number of aliphatic hydroxyl groups excluding tert-OH is 1. The standard InChI is InChI=1S/C13H14BrN3O/c14-10-6-16-7-11(15)13(10)17-12(8-18)9-4-2-1-3-5-9/h1-7,12,18H,8,15H2,(H,16,17). The van der Waals surface area contributed by atoms with Crippen LogP contribution in [-0.4, -0.2) is 16.7 Å². The first-order valence-electron chi connectivity index (χ1n) is 5.53. The van der Waals surface area contributed by atoms with Gasteiger partial charge >= 0.3 is 0 Å². The van der Waals surface area contributed by atoms with Crippen molar-refractivity contribution < 1.29 is 5.11 Å². The summed E-state index contributed by atoms with van der Waals surface area (Å²) < 4.78 is 0.775. The second-order valence-corrected chi connectivity index (χ2v) is 4.73. The molecule has 94 valence electrons. The quantitative estimate of drug-likeness (QED) is 0.812. The van der Waals surface area contributed by atoms with Crippen molar-refractivity contribution in [3.8, 4) is 0 Å². The molecule has 18 heavy (non-hydrogen) atoms. The van der Waals surface area contributed by atoms with Gasteiger partial charge in [-0.2, -0.15) is 0 Å². The molecule has 0 aliphatic heterocycles. The molecule has 0 aliphatic carbocycles. The van der Waals surface area contributed by atoms with Gasteiger partial charge in [-0.15, -0.1) is 0 Å². The Morgan fingerprint density at radius 1 is 1.28 bits per heavy atom. The summed E-state index contributed by atoms with van der Waals surface area (Å²) >= 11 is 3.39. The van der Waals surface area contributed by atoms with Gasteiger partial charge in [-0.05, 0) is 21.5 Å². The molecule has 0 spiro atoms. The molecule has 1 atom stereocenters. The summed E-state index contributed by atoms with van der Waals surface area (Å²) in [6.07, 6.45) is 3.24. The third-order valence-corrected chi connectivity index (χ3v) is 3.23. The van der Waals surface area contributed by atoms with Gasteiger partial charge in [-0.1, -0.05) is 30.3 Å². The van der Waals surface area contributed by atoms with Gasteiger partial charge < -0.3 is 16.2 Å². The van der Waals surface area contributed by atoms with E-state index in [4.69, 9.17) is 5.73 Å². The van der Waals surface area contributed by atoms with Crippen molar-refractivity contribution >= 4 is 27.3 Å². The zero-order valence-electron chi connectivity index (χ0n) is 9.68. The Kier molecular flexibility index (Phi) is 4.17. The van der Waals surface area contributed by atoms with Crippen LogP contribution < -0.4 is 11.1 Å². The predicted octanol–water partition coefficient (Wildman–Crippen LogP) is 2.57. The molecule has 0 amide bonds. The van der Waals surface area contributed by atoms with Crippen molar-refractivity contribution in [2.24, 2.45) is 0 Å². The Morgan fingerprint density at radius 2 is 2.00 bits per heavy atom. The highest BCUT2D eigenvalue weighted by molar-refractivity contribution is 9.10. The number of nitrogens with two attached hydrogens (primary N) is 1. The topological polar surface area (TPSA) is 71.2 Å². The minimum Gasteiger partial charge on any atom is -0.396 e.